The number of phenols is 1. The Hall–Kier alpha value is -3.00. The molecule has 40 heavy (non-hydrogen) atoms. The molecule has 214 valence electrons. The van der Waals surface area contributed by atoms with Gasteiger partial charge in [-0.1, -0.05) is 17.7 Å². The van der Waals surface area contributed by atoms with Crippen molar-refractivity contribution in [2.75, 3.05) is 30.2 Å². The molecule has 0 aliphatic heterocycles. The van der Waals surface area contributed by atoms with Crippen LogP contribution >= 0.6 is 37.6 Å². The third-order valence-electron chi connectivity index (χ3n) is 5.76. The summed E-state index contributed by atoms with van der Waals surface area (Å²) in [5, 5.41) is 20.9. The highest BCUT2D eigenvalue weighted by molar-refractivity contribution is 9.10. The molecule has 4 aromatic rings. The summed E-state index contributed by atoms with van der Waals surface area (Å²) in [5.74, 6) is 0.513. The summed E-state index contributed by atoms with van der Waals surface area (Å²) in [7, 11) is -3.97. The van der Waals surface area contributed by atoms with E-state index in [0.29, 0.717) is 20.9 Å². The number of sulfonamides is 1. The van der Waals surface area contributed by atoms with Crippen molar-refractivity contribution >= 4 is 53.5 Å². The minimum Gasteiger partial charge on any atom is -0.506 e. The molecule has 0 saturated heterocycles. The van der Waals surface area contributed by atoms with Gasteiger partial charge >= 0.3 is 0 Å². The maximum atomic E-state index is 14.3. The molecule has 3 heterocycles. The maximum Gasteiger partial charge on any atom is 0.250 e. The first-order valence-electron chi connectivity index (χ1n) is 11.9. The Morgan fingerprint density at radius 3 is 2.60 bits per heavy atom. The van der Waals surface area contributed by atoms with E-state index >= 15 is 0 Å². The van der Waals surface area contributed by atoms with Crippen molar-refractivity contribution in [3.05, 3.63) is 75.7 Å². The molecule has 0 radical (unpaired) electrons. The van der Waals surface area contributed by atoms with E-state index < -0.39 is 25.3 Å². The molecule has 1 N–H and O–H groups in total. The van der Waals surface area contributed by atoms with Crippen LogP contribution in [0.15, 0.2) is 69.4 Å². The number of halogens is 2. The number of nitrogens with zero attached hydrogens (tertiary/aromatic N) is 5. The van der Waals surface area contributed by atoms with Gasteiger partial charge in [0, 0.05) is 23.3 Å². The molecule has 14 heteroatoms. The number of pyridine rings is 1. The van der Waals surface area contributed by atoms with E-state index in [4.69, 9.17) is 20.8 Å². The van der Waals surface area contributed by atoms with Gasteiger partial charge in [0.15, 0.2) is 5.76 Å². The van der Waals surface area contributed by atoms with E-state index in [0.717, 1.165) is 4.31 Å². The van der Waals surface area contributed by atoms with Gasteiger partial charge in [0.25, 0.3) is 0 Å². The Morgan fingerprint density at radius 1 is 1.23 bits per heavy atom. The first-order chi connectivity index (χ1) is 18.8. The van der Waals surface area contributed by atoms with E-state index in [2.05, 4.69) is 31.1 Å². The third-order valence-corrected chi connectivity index (χ3v) is 9.61. The highest BCUT2D eigenvalue weighted by Gasteiger charge is 2.35. The number of hydrogen-bond donors (Lipinski definition) is 1. The van der Waals surface area contributed by atoms with Crippen LogP contribution < -0.4 is 9.04 Å². The number of hydrogen-bond acceptors (Lipinski definition) is 8. The molecule has 1 aromatic carbocycles. The second-order valence-electron chi connectivity index (χ2n) is 9.62. The van der Waals surface area contributed by atoms with Crippen molar-refractivity contribution in [2.45, 2.75) is 18.6 Å². The van der Waals surface area contributed by atoms with Crippen LogP contribution in [0.3, 0.4) is 0 Å². The Kier molecular flexibility index (Phi) is 8.88. The summed E-state index contributed by atoms with van der Waals surface area (Å²) < 4.78 is 42.8. The maximum absolute atomic E-state index is 14.3. The van der Waals surface area contributed by atoms with Gasteiger partial charge in [-0.05, 0) is 77.4 Å². The van der Waals surface area contributed by atoms with Gasteiger partial charge in [-0.3, -0.25) is 9.55 Å². The molecular formula is C26H29BrClN5O5S2. The second kappa shape index (κ2) is 11.9. The van der Waals surface area contributed by atoms with E-state index in [1.165, 1.54) is 36.4 Å². The molecule has 0 aliphatic rings. The van der Waals surface area contributed by atoms with Crippen LogP contribution in [0.4, 0.5) is 5.95 Å². The lowest BCUT2D eigenvalue weighted by atomic mass is 10.2. The largest absolute Gasteiger partial charge is 0.506 e. The number of para-hydroxylation sites is 1. The zero-order valence-corrected chi connectivity index (χ0v) is 26.4. The standard InChI is InChI=1S/C26H29BrClN5O5S2/c1-17(14-20-19(27)15-18(28)16-29-20)40(35,36)32(11-13-39(3,4)5)26-31-30-25(23-10-7-12-38-23)33(26)24-21(34)8-6-9-22(24)37-2/h6-13,15-17,34H,14H2,1-5H3/b13-11+/t17-/m0/s1. The van der Waals surface area contributed by atoms with Crippen molar-refractivity contribution in [3.8, 4) is 28.8 Å². The van der Waals surface area contributed by atoms with Crippen molar-refractivity contribution in [2.24, 2.45) is 0 Å². The Bertz CT molecular complexity index is 1640. The summed E-state index contributed by atoms with van der Waals surface area (Å²) in [6.07, 6.45) is 10.6. The first-order valence-corrected chi connectivity index (χ1v) is 17.5. The number of furan rings is 1. The molecule has 0 bridgehead atoms. The lowest BCUT2D eigenvalue weighted by molar-refractivity contribution is 0.405. The van der Waals surface area contributed by atoms with Crippen LogP contribution in [0.5, 0.6) is 11.5 Å². The van der Waals surface area contributed by atoms with Crippen molar-refractivity contribution in [1.29, 1.82) is 0 Å². The summed E-state index contributed by atoms with van der Waals surface area (Å²) in [5.41, 5.74) is 0.689. The molecule has 1 atom stereocenters. The van der Waals surface area contributed by atoms with Crippen LogP contribution in [-0.2, 0) is 16.4 Å². The molecule has 3 aromatic heterocycles. The Labute approximate surface area is 248 Å². The molecule has 0 fully saturated rings. The fourth-order valence-electron chi connectivity index (χ4n) is 3.76. The molecule has 0 unspecified atom stereocenters. The zero-order chi connectivity index (χ0) is 29.2. The molecular weight excluding hydrogens is 642 g/mol. The van der Waals surface area contributed by atoms with Crippen LogP contribution in [0, 0.1) is 0 Å². The highest BCUT2D eigenvalue weighted by Crippen LogP contribution is 2.41. The Morgan fingerprint density at radius 2 is 1.98 bits per heavy atom. The van der Waals surface area contributed by atoms with E-state index in [-0.39, 0.29) is 35.4 Å². The second-order valence-corrected chi connectivity index (χ2v) is 17.3. The quantitative estimate of drug-likeness (QED) is 0.219. The molecule has 0 saturated carbocycles. The van der Waals surface area contributed by atoms with Gasteiger partial charge < -0.3 is 14.3 Å². The number of phenolic OH excluding ortho intramolecular Hbond substituents is 1. The average Bonchev–Trinajstić information content (AvgIpc) is 3.55. The SMILES string of the molecule is COc1cccc(O)c1-n1c(-c2ccco2)nnc1N(/C=C/S(C)(C)C)S(=O)(=O)[C@@H](C)Cc1ncc(Cl)cc1Br. The molecule has 0 spiro atoms. The van der Waals surface area contributed by atoms with Gasteiger partial charge in [-0.2, -0.15) is 0 Å². The van der Waals surface area contributed by atoms with Crippen LogP contribution in [0.1, 0.15) is 12.6 Å². The van der Waals surface area contributed by atoms with Gasteiger partial charge in [0.1, 0.15) is 17.2 Å². The molecule has 10 nitrogen and oxygen atoms in total. The van der Waals surface area contributed by atoms with Gasteiger partial charge in [-0.15, -0.1) is 10.2 Å². The number of rotatable bonds is 10. The summed E-state index contributed by atoms with van der Waals surface area (Å²) in [6, 6.07) is 9.73. The van der Waals surface area contributed by atoms with Crippen molar-refractivity contribution < 1.29 is 22.7 Å². The number of ether oxygens (including phenoxy) is 1. The predicted octanol–water partition coefficient (Wildman–Crippen LogP) is 5.99. The van der Waals surface area contributed by atoms with Crippen LogP contribution in [0.25, 0.3) is 17.3 Å². The minimum atomic E-state index is -4.13. The number of anilines is 1. The number of methoxy groups -OCH3 is 1. The zero-order valence-electron chi connectivity index (χ0n) is 22.4. The summed E-state index contributed by atoms with van der Waals surface area (Å²) >= 11 is 9.46. The fraction of sp³-hybridized carbons (Fsp3) is 0.269. The number of aromatic hydroxyl groups is 1. The highest BCUT2D eigenvalue weighted by atomic mass is 79.9. The smallest absolute Gasteiger partial charge is 0.250 e. The fourth-order valence-corrected chi connectivity index (χ4v) is 6.45. The minimum absolute atomic E-state index is 0.0823. The van der Waals surface area contributed by atoms with Crippen molar-refractivity contribution in [3.63, 3.8) is 0 Å². The topological polar surface area (TPSA) is 124 Å². The summed E-state index contributed by atoms with van der Waals surface area (Å²) in [6.45, 7) is 1.59. The predicted molar refractivity (Wildman–Crippen MR) is 163 cm³/mol. The van der Waals surface area contributed by atoms with Crippen LogP contribution in [-0.4, -0.2) is 64.4 Å². The normalized spacial score (nSPS) is 13.5. The van der Waals surface area contributed by atoms with Crippen LogP contribution in [0.2, 0.25) is 5.02 Å². The van der Waals surface area contributed by atoms with Gasteiger partial charge in [0.05, 0.1) is 29.3 Å². The lowest BCUT2D eigenvalue weighted by Crippen LogP contribution is -2.37. The van der Waals surface area contributed by atoms with Gasteiger partial charge in [0.2, 0.25) is 21.8 Å². The third kappa shape index (κ3) is 6.32. The number of benzene rings is 1. The lowest BCUT2D eigenvalue weighted by Gasteiger charge is -2.27. The first kappa shape index (κ1) is 30.0. The van der Waals surface area contributed by atoms with Crippen molar-refractivity contribution in [1.82, 2.24) is 19.7 Å². The monoisotopic (exact) mass is 669 g/mol. The number of aromatic nitrogens is 4. The van der Waals surface area contributed by atoms with E-state index in [9.17, 15) is 13.5 Å². The molecule has 4 rings (SSSR count). The Balaban J connectivity index is 1.94. The molecule has 0 amide bonds. The molecule has 0 aliphatic carbocycles. The van der Waals surface area contributed by atoms with E-state index in [1.807, 2.05) is 24.2 Å². The average molecular weight is 671 g/mol. The van der Waals surface area contributed by atoms with E-state index in [1.54, 1.807) is 37.3 Å². The summed E-state index contributed by atoms with van der Waals surface area (Å²) in [4.78, 5) is 4.32. The van der Waals surface area contributed by atoms with Gasteiger partial charge in [-0.25, -0.2) is 22.8 Å².